The summed E-state index contributed by atoms with van der Waals surface area (Å²) in [4.78, 5) is 0. The second kappa shape index (κ2) is 5.23. The summed E-state index contributed by atoms with van der Waals surface area (Å²) in [7, 11) is 1.67. The van der Waals surface area contributed by atoms with Crippen LogP contribution < -0.4 is 10.1 Å². The summed E-state index contributed by atoms with van der Waals surface area (Å²) in [6.07, 6.45) is 5.41. The zero-order chi connectivity index (χ0) is 16.0. The molecule has 1 heterocycles. The number of hydrogen-bond donors (Lipinski definition) is 3. The molecule has 0 amide bonds. The highest BCUT2D eigenvalue weighted by molar-refractivity contribution is 5.68. The Labute approximate surface area is 135 Å². The van der Waals surface area contributed by atoms with Crippen LogP contribution in [0.3, 0.4) is 0 Å². The second-order valence-corrected chi connectivity index (χ2v) is 6.14. The molecule has 3 unspecified atom stereocenters. The van der Waals surface area contributed by atoms with Crippen LogP contribution in [0.4, 0.5) is 5.69 Å². The molecule has 118 valence electrons. The smallest absolute Gasteiger partial charge is 0.142 e. The predicted molar refractivity (Wildman–Crippen MR) is 89.1 cm³/mol. The van der Waals surface area contributed by atoms with Crippen LogP contribution in [0.5, 0.6) is 17.2 Å². The molecule has 3 atom stereocenters. The van der Waals surface area contributed by atoms with E-state index in [1.807, 2.05) is 12.1 Å². The Balaban J connectivity index is 1.83. The molecule has 2 aliphatic rings. The van der Waals surface area contributed by atoms with Gasteiger partial charge in [0.2, 0.25) is 0 Å². The Morgan fingerprint density at radius 2 is 2.00 bits per heavy atom. The molecule has 0 saturated heterocycles. The Morgan fingerprint density at radius 1 is 1.13 bits per heavy atom. The van der Waals surface area contributed by atoms with Crippen molar-refractivity contribution >= 4 is 5.69 Å². The molecule has 23 heavy (non-hydrogen) atoms. The van der Waals surface area contributed by atoms with Gasteiger partial charge in [-0.25, -0.2) is 0 Å². The van der Waals surface area contributed by atoms with Gasteiger partial charge in [-0.05, 0) is 36.1 Å². The summed E-state index contributed by atoms with van der Waals surface area (Å²) in [5.41, 5.74) is 3.02. The number of fused-ring (bicyclic) bond motifs is 3. The third-order valence-corrected chi connectivity index (χ3v) is 4.93. The third kappa shape index (κ3) is 2.13. The molecular formula is C19H19NO3. The molecule has 4 heteroatoms. The summed E-state index contributed by atoms with van der Waals surface area (Å²) in [5.74, 6) is 1.64. The van der Waals surface area contributed by atoms with E-state index in [1.54, 1.807) is 19.2 Å². The zero-order valence-electron chi connectivity index (χ0n) is 12.9. The predicted octanol–water partition coefficient (Wildman–Crippen LogP) is 3.93. The minimum Gasteiger partial charge on any atom is -0.508 e. The van der Waals surface area contributed by atoms with Crippen LogP contribution >= 0.6 is 0 Å². The van der Waals surface area contributed by atoms with E-state index >= 15 is 0 Å². The van der Waals surface area contributed by atoms with Crippen molar-refractivity contribution in [3.8, 4) is 17.2 Å². The highest BCUT2D eigenvalue weighted by Gasteiger charge is 2.39. The molecule has 0 spiro atoms. The average Bonchev–Trinajstić information content (AvgIpc) is 3.04. The lowest BCUT2D eigenvalue weighted by Crippen LogP contribution is -2.29. The topological polar surface area (TPSA) is 61.7 Å². The number of methoxy groups -OCH3 is 1. The third-order valence-electron chi connectivity index (χ3n) is 4.93. The number of phenolic OH excluding ortho intramolecular Hbond substituents is 2. The number of aromatic hydroxyl groups is 2. The minimum absolute atomic E-state index is 0.0283. The van der Waals surface area contributed by atoms with E-state index < -0.39 is 0 Å². The SMILES string of the molecule is COc1cccc2c1NC(c1ccc(O)cc1O)C1CC=CC21. The monoisotopic (exact) mass is 309 g/mol. The summed E-state index contributed by atoms with van der Waals surface area (Å²) in [6, 6.07) is 10.9. The molecule has 2 aromatic rings. The standard InChI is InChI=1S/C19H19NO3/c1-23-17-7-3-6-14-12-4-2-5-13(12)18(20-19(14)17)15-9-8-11(21)10-16(15)22/h2-4,6-10,12-13,18,20-22H,5H2,1H3. The quantitative estimate of drug-likeness (QED) is 0.736. The molecule has 2 aromatic carbocycles. The van der Waals surface area contributed by atoms with Gasteiger partial charge in [-0.15, -0.1) is 0 Å². The maximum absolute atomic E-state index is 10.3. The fourth-order valence-electron chi connectivity index (χ4n) is 3.87. The number of phenols is 2. The largest absolute Gasteiger partial charge is 0.508 e. The lowest BCUT2D eigenvalue weighted by Gasteiger charge is -2.38. The molecule has 0 bridgehead atoms. The molecule has 0 radical (unpaired) electrons. The van der Waals surface area contributed by atoms with E-state index in [1.165, 1.54) is 11.6 Å². The lowest BCUT2D eigenvalue weighted by atomic mass is 9.76. The zero-order valence-corrected chi connectivity index (χ0v) is 12.9. The Hall–Kier alpha value is -2.62. The first-order valence-corrected chi connectivity index (χ1v) is 7.81. The molecule has 4 rings (SSSR count). The van der Waals surface area contributed by atoms with E-state index in [9.17, 15) is 10.2 Å². The summed E-state index contributed by atoms with van der Waals surface area (Å²) in [5, 5.41) is 23.4. The normalized spacial score (nSPS) is 24.7. The number of nitrogens with one attached hydrogen (secondary N) is 1. The van der Waals surface area contributed by atoms with Crippen LogP contribution in [-0.2, 0) is 0 Å². The van der Waals surface area contributed by atoms with E-state index in [2.05, 4.69) is 23.5 Å². The van der Waals surface area contributed by atoms with Gasteiger partial charge in [0.15, 0.2) is 0 Å². The Bertz CT molecular complexity index is 784. The summed E-state index contributed by atoms with van der Waals surface area (Å²) >= 11 is 0. The number of anilines is 1. The van der Waals surface area contributed by atoms with E-state index in [-0.39, 0.29) is 17.5 Å². The Kier molecular flexibility index (Phi) is 3.18. The van der Waals surface area contributed by atoms with Crippen molar-refractivity contribution < 1.29 is 14.9 Å². The Morgan fingerprint density at radius 3 is 2.78 bits per heavy atom. The van der Waals surface area contributed by atoms with Crippen molar-refractivity contribution in [3.63, 3.8) is 0 Å². The van der Waals surface area contributed by atoms with Gasteiger partial charge in [0.25, 0.3) is 0 Å². The number of benzene rings is 2. The number of ether oxygens (including phenoxy) is 1. The molecular weight excluding hydrogens is 290 g/mol. The van der Waals surface area contributed by atoms with Gasteiger partial charge in [-0.2, -0.15) is 0 Å². The first kappa shape index (κ1) is 14.0. The maximum atomic E-state index is 10.3. The number of rotatable bonds is 2. The average molecular weight is 309 g/mol. The van der Waals surface area contributed by atoms with Gasteiger partial charge in [0, 0.05) is 17.5 Å². The number of para-hydroxylation sites is 1. The van der Waals surface area contributed by atoms with E-state index in [0.717, 1.165) is 23.4 Å². The van der Waals surface area contributed by atoms with Gasteiger partial charge in [0.1, 0.15) is 17.2 Å². The molecule has 0 saturated carbocycles. The van der Waals surface area contributed by atoms with Crippen molar-refractivity contribution in [2.24, 2.45) is 5.92 Å². The van der Waals surface area contributed by atoms with Gasteiger partial charge < -0.3 is 20.3 Å². The van der Waals surface area contributed by atoms with Gasteiger partial charge in [-0.3, -0.25) is 0 Å². The second-order valence-electron chi connectivity index (χ2n) is 6.14. The maximum Gasteiger partial charge on any atom is 0.142 e. The molecule has 1 aliphatic carbocycles. The van der Waals surface area contributed by atoms with Crippen molar-refractivity contribution in [2.45, 2.75) is 18.4 Å². The van der Waals surface area contributed by atoms with Crippen molar-refractivity contribution in [1.82, 2.24) is 0 Å². The first-order valence-electron chi connectivity index (χ1n) is 7.81. The number of allylic oxidation sites excluding steroid dienone is 2. The van der Waals surface area contributed by atoms with Crippen molar-refractivity contribution in [2.75, 3.05) is 12.4 Å². The van der Waals surface area contributed by atoms with Gasteiger partial charge >= 0.3 is 0 Å². The van der Waals surface area contributed by atoms with E-state index in [4.69, 9.17) is 4.74 Å². The van der Waals surface area contributed by atoms with Crippen molar-refractivity contribution in [1.29, 1.82) is 0 Å². The summed E-state index contributed by atoms with van der Waals surface area (Å²) < 4.78 is 5.51. The van der Waals surface area contributed by atoms with Crippen LogP contribution in [-0.4, -0.2) is 17.3 Å². The van der Waals surface area contributed by atoms with Gasteiger partial charge in [0.05, 0.1) is 18.8 Å². The fraction of sp³-hybridized carbons (Fsp3) is 0.263. The lowest BCUT2D eigenvalue weighted by molar-refractivity contribution is 0.386. The highest BCUT2D eigenvalue weighted by Crippen LogP contribution is 2.53. The van der Waals surface area contributed by atoms with Crippen LogP contribution in [0.15, 0.2) is 48.6 Å². The molecule has 1 aliphatic heterocycles. The number of hydrogen-bond acceptors (Lipinski definition) is 4. The van der Waals surface area contributed by atoms with Crippen LogP contribution in [0.1, 0.15) is 29.5 Å². The fourth-order valence-corrected chi connectivity index (χ4v) is 3.87. The van der Waals surface area contributed by atoms with Gasteiger partial charge in [-0.1, -0.05) is 24.3 Å². The van der Waals surface area contributed by atoms with E-state index in [0.29, 0.717) is 11.8 Å². The van der Waals surface area contributed by atoms with Crippen molar-refractivity contribution in [3.05, 3.63) is 59.7 Å². The molecule has 0 fully saturated rings. The molecule has 0 aromatic heterocycles. The minimum atomic E-state index is -0.0283. The summed E-state index contributed by atoms with van der Waals surface area (Å²) in [6.45, 7) is 0. The van der Waals surface area contributed by atoms with Crippen LogP contribution in [0, 0.1) is 5.92 Å². The highest BCUT2D eigenvalue weighted by atomic mass is 16.5. The van der Waals surface area contributed by atoms with Crippen LogP contribution in [0.2, 0.25) is 0 Å². The molecule has 4 nitrogen and oxygen atoms in total. The molecule has 3 N–H and O–H groups in total. The van der Waals surface area contributed by atoms with Crippen LogP contribution in [0.25, 0.3) is 0 Å². The first-order chi connectivity index (χ1) is 11.2.